The predicted octanol–water partition coefficient (Wildman–Crippen LogP) is 11.9. The van der Waals surface area contributed by atoms with Gasteiger partial charge in [-0.3, -0.25) is 19.8 Å². The summed E-state index contributed by atoms with van der Waals surface area (Å²) in [5.74, 6) is -0.0354. The molecule has 0 aliphatic rings. The number of ketones is 1. The number of aliphatic imine (C=N–C) groups is 3. The average molecular weight is 729 g/mol. The van der Waals surface area contributed by atoms with E-state index in [9.17, 15) is 4.79 Å². The molecule has 2 N–H and O–H groups in total. The fourth-order valence-corrected chi connectivity index (χ4v) is 5.60. The summed E-state index contributed by atoms with van der Waals surface area (Å²) in [6, 6.07) is 39.7. The molecule has 0 aliphatic carbocycles. The van der Waals surface area contributed by atoms with Gasteiger partial charge in [0.25, 0.3) is 0 Å². The Balaban J connectivity index is 0.000000209. The highest BCUT2D eigenvalue weighted by molar-refractivity contribution is 6.03. The molecular weight excluding hydrogens is 677 g/mol. The maximum atomic E-state index is 11.4. The van der Waals surface area contributed by atoms with Crippen molar-refractivity contribution in [1.29, 1.82) is 0 Å². The number of pyridine rings is 2. The lowest BCUT2D eigenvalue weighted by molar-refractivity contribution is 0.101. The normalized spacial score (nSPS) is 11.6. The fourth-order valence-electron chi connectivity index (χ4n) is 5.60. The van der Waals surface area contributed by atoms with E-state index in [4.69, 9.17) is 20.7 Å². The summed E-state index contributed by atoms with van der Waals surface area (Å²) in [5, 5.41) is 0. The molecule has 0 saturated heterocycles. The van der Waals surface area contributed by atoms with Crippen molar-refractivity contribution in [2.24, 2.45) is 15.0 Å². The number of benzene rings is 4. The molecular formula is C48H52N6O. The van der Waals surface area contributed by atoms with Crippen molar-refractivity contribution >= 4 is 45.7 Å². The van der Waals surface area contributed by atoms with Gasteiger partial charge in [0.15, 0.2) is 5.78 Å². The summed E-state index contributed by atoms with van der Waals surface area (Å²) < 4.78 is 0. The van der Waals surface area contributed by atoms with Crippen LogP contribution >= 0.6 is 0 Å². The third kappa shape index (κ3) is 11.8. The van der Waals surface area contributed by atoms with Crippen molar-refractivity contribution in [2.45, 2.75) is 69.2 Å². The Hall–Kier alpha value is -6.34. The number of para-hydroxylation sites is 4. The van der Waals surface area contributed by atoms with Crippen molar-refractivity contribution in [1.82, 2.24) is 9.97 Å². The molecule has 4 aromatic carbocycles. The molecule has 6 rings (SSSR count). The van der Waals surface area contributed by atoms with E-state index in [1.54, 1.807) is 6.07 Å². The molecule has 0 atom stereocenters. The van der Waals surface area contributed by atoms with Crippen LogP contribution in [0, 0.1) is 41.5 Å². The van der Waals surface area contributed by atoms with Gasteiger partial charge in [-0.05, 0) is 132 Å². The zero-order valence-electron chi connectivity index (χ0n) is 33.8. The first-order chi connectivity index (χ1) is 26.2. The second-order valence-electron chi connectivity index (χ2n) is 13.6. The predicted molar refractivity (Wildman–Crippen MR) is 233 cm³/mol. The Morgan fingerprint density at radius 2 is 0.764 bits per heavy atom. The van der Waals surface area contributed by atoms with E-state index >= 15 is 0 Å². The number of nitrogens with zero attached hydrogens (tertiary/aromatic N) is 5. The topological polar surface area (TPSA) is 106 Å². The average Bonchev–Trinajstić information content (AvgIpc) is 3.17. The summed E-state index contributed by atoms with van der Waals surface area (Å²) in [6.45, 7) is 19.7. The lowest BCUT2D eigenvalue weighted by atomic mass is 10.1. The number of hydrogen-bond donors (Lipinski definition) is 1. The van der Waals surface area contributed by atoms with Gasteiger partial charge < -0.3 is 5.73 Å². The molecule has 0 spiro atoms. The Labute approximate surface area is 326 Å². The Morgan fingerprint density at radius 1 is 0.418 bits per heavy atom. The minimum Gasteiger partial charge on any atom is -0.399 e. The van der Waals surface area contributed by atoms with Crippen molar-refractivity contribution in [3.63, 3.8) is 0 Å². The Kier molecular flexibility index (Phi) is 14.8. The van der Waals surface area contributed by atoms with Crippen LogP contribution in [0.2, 0.25) is 0 Å². The molecule has 0 saturated carbocycles. The molecule has 7 nitrogen and oxygen atoms in total. The molecule has 2 heterocycles. The monoisotopic (exact) mass is 728 g/mol. The van der Waals surface area contributed by atoms with Crippen LogP contribution in [0.1, 0.15) is 88.6 Å². The quantitative estimate of drug-likeness (QED) is 0.100. The van der Waals surface area contributed by atoms with Gasteiger partial charge in [-0.25, -0.2) is 9.97 Å². The van der Waals surface area contributed by atoms with Gasteiger partial charge in [0.05, 0.1) is 51.3 Å². The summed E-state index contributed by atoms with van der Waals surface area (Å²) in [6.07, 6.45) is 0. The van der Waals surface area contributed by atoms with Gasteiger partial charge in [-0.2, -0.15) is 0 Å². The molecule has 280 valence electrons. The van der Waals surface area contributed by atoms with Crippen LogP contribution in [-0.4, -0.2) is 32.9 Å². The zero-order chi connectivity index (χ0) is 40.1. The number of aromatic nitrogens is 2. The van der Waals surface area contributed by atoms with E-state index in [0.29, 0.717) is 5.69 Å². The molecule has 0 bridgehead atoms. The maximum Gasteiger partial charge on any atom is 0.178 e. The molecule has 7 heteroatoms. The van der Waals surface area contributed by atoms with E-state index in [0.717, 1.165) is 79.2 Å². The van der Waals surface area contributed by atoms with Gasteiger partial charge in [0.1, 0.15) is 5.69 Å². The maximum absolute atomic E-state index is 11.4. The van der Waals surface area contributed by atoms with E-state index in [-0.39, 0.29) is 5.78 Å². The third-order valence-electron chi connectivity index (χ3n) is 9.00. The molecule has 0 fully saturated rings. The van der Waals surface area contributed by atoms with Crippen molar-refractivity contribution in [2.75, 3.05) is 5.73 Å². The highest BCUT2D eigenvalue weighted by Gasteiger charge is 2.09. The van der Waals surface area contributed by atoms with Crippen LogP contribution in [0.4, 0.5) is 22.7 Å². The number of Topliss-reactive ketones (excluding diaryl/α,β-unsaturated/α-hetero) is 1. The third-order valence-corrected chi connectivity index (χ3v) is 9.00. The van der Waals surface area contributed by atoms with Gasteiger partial charge in [0.2, 0.25) is 0 Å². The van der Waals surface area contributed by atoms with Gasteiger partial charge in [-0.1, -0.05) is 84.9 Å². The van der Waals surface area contributed by atoms with Crippen LogP contribution in [0.5, 0.6) is 0 Å². The fraction of sp³-hybridized carbons (Fsp3) is 0.208. The molecule has 0 unspecified atom stereocenters. The second kappa shape index (κ2) is 19.7. The van der Waals surface area contributed by atoms with E-state index in [2.05, 4.69) is 55.0 Å². The van der Waals surface area contributed by atoms with Gasteiger partial charge in [0, 0.05) is 12.6 Å². The first-order valence-electron chi connectivity index (χ1n) is 18.4. The summed E-state index contributed by atoms with van der Waals surface area (Å²) in [5.41, 5.74) is 21.8. The van der Waals surface area contributed by atoms with Crippen LogP contribution in [0.3, 0.4) is 0 Å². The first-order valence-corrected chi connectivity index (χ1v) is 18.4. The number of anilines is 1. The highest BCUT2D eigenvalue weighted by atomic mass is 16.1. The number of nitrogen functional groups attached to an aromatic ring is 1. The molecule has 0 aliphatic heterocycles. The second-order valence-corrected chi connectivity index (χ2v) is 13.6. The number of nitrogens with two attached hydrogens (primary N) is 1. The minimum absolute atomic E-state index is 0.0354. The standard InChI is InChI=1S/C24H25N3.C17H18N2O.C7H9N/c1-16-10-6-7-13-21(16)25-19(4)22-14-9-15-23(27-22)20(5)26-24-17(2)11-8-12-18(24)3;1-11-7-5-8-12(2)17(11)18-13(3)15-9-6-10-16(19-15)14(4)20;1-6-4-2-3-5-7(6)8/h6-15H,1-5H3;5-10H,1-4H3;2-5H,8H2,1H3. The Morgan fingerprint density at radius 3 is 1.16 bits per heavy atom. The SMILES string of the molecule is CC(=Nc1ccccc1C)c1cccc(C(C)=Nc2c(C)cccc2C)n1.CC(=O)c1cccc(C(C)=Nc2c(C)cccc2C)n1.Cc1ccccc1N. The molecule has 2 aromatic heterocycles. The number of carbonyl (C=O) groups is 1. The smallest absolute Gasteiger partial charge is 0.178 e. The van der Waals surface area contributed by atoms with E-state index < -0.39 is 0 Å². The lowest BCUT2D eigenvalue weighted by Crippen LogP contribution is -2.05. The molecule has 6 aromatic rings. The highest BCUT2D eigenvalue weighted by Crippen LogP contribution is 2.25. The minimum atomic E-state index is -0.0354. The number of rotatable bonds is 7. The van der Waals surface area contributed by atoms with Crippen LogP contribution in [0.15, 0.2) is 136 Å². The molecule has 0 radical (unpaired) electrons. The largest absolute Gasteiger partial charge is 0.399 e. The van der Waals surface area contributed by atoms with Crippen molar-refractivity contribution in [3.8, 4) is 0 Å². The van der Waals surface area contributed by atoms with Crippen molar-refractivity contribution in [3.05, 3.63) is 177 Å². The van der Waals surface area contributed by atoms with Crippen molar-refractivity contribution < 1.29 is 4.79 Å². The summed E-state index contributed by atoms with van der Waals surface area (Å²) in [7, 11) is 0. The van der Waals surface area contributed by atoms with Crippen LogP contribution < -0.4 is 5.73 Å². The molecule has 55 heavy (non-hydrogen) atoms. The van der Waals surface area contributed by atoms with Crippen LogP contribution in [-0.2, 0) is 0 Å². The number of hydrogen-bond acceptors (Lipinski definition) is 7. The van der Waals surface area contributed by atoms with Crippen LogP contribution in [0.25, 0.3) is 0 Å². The van der Waals surface area contributed by atoms with E-state index in [1.807, 2.05) is 133 Å². The lowest BCUT2D eigenvalue weighted by Gasteiger charge is -2.08. The summed E-state index contributed by atoms with van der Waals surface area (Å²) >= 11 is 0. The zero-order valence-corrected chi connectivity index (χ0v) is 33.8. The molecule has 0 amide bonds. The van der Waals surface area contributed by atoms with Gasteiger partial charge in [-0.15, -0.1) is 0 Å². The first kappa shape index (κ1) is 41.4. The number of aryl methyl sites for hydroxylation is 6. The summed E-state index contributed by atoms with van der Waals surface area (Å²) in [4.78, 5) is 34.8. The number of carbonyl (C=O) groups excluding carboxylic acids is 1. The Bertz CT molecular complexity index is 2310. The van der Waals surface area contributed by atoms with Gasteiger partial charge >= 0.3 is 0 Å². The van der Waals surface area contributed by atoms with E-state index in [1.165, 1.54) is 18.1 Å².